The highest BCUT2D eigenvalue weighted by atomic mass is 19.4. The Morgan fingerprint density at radius 2 is 2.04 bits per heavy atom. The zero-order valence-electron chi connectivity index (χ0n) is 13.1. The fourth-order valence-corrected chi connectivity index (χ4v) is 2.20. The minimum atomic E-state index is -4.42. The second-order valence-corrected chi connectivity index (χ2v) is 5.32. The summed E-state index contributed by atoms with van der Waals surface area (Å²) in [5, 5.41) is 8.72. The average molecular weight is 342 g/mol. The van der Waals surface area contributed by atoms with Crippen molar-refractivity contribution in [3.05, 3.63) is 47.1 Å². The molecule has 2 aromatic rings. The second-order valence-electron chi connectivity index (χ2n) is 5.32. The highest BCUT2D eigenvalue weighted by Gasteiger charge is 2.33. The van der Waals surface area contributed by atoms with Crippen molar-refractivity contribution in [3.63, 3.8) is 0 Å². The van der Waals surface area contributed by atoms with Gasteiger partial charge in [-0.2, -0.15) is 18.2 Å². The average Bonchev–Trinajstić information content (AvgIpc) is 2.90. The Bertz CT molecular complexity index is 700. The zero-order chi connectivity index (χ0) is 17.7. The number of amides is 2. The molecule has 1 atom stereocenters. The van der Waals surface area contributed by atoms with Crippen molar-refractivity contribution < 1.29 is 22.5 Å². The lowest BCUT2D eigenvalue weighted by Crippen LogP contribution is -2.41. The molecule has 24 heavy (non-hydrogen) atoms. The summed E-state index contributed by atoms with van der Waals surface area (Å²) in [4.78, 5) is 15.7. The Labute approximate surface area is 136 Å². The number of hydrogen-bond acceptors (Lipinski definition) is 4. The molecule has 0 unspecified atom stereocenters. The number of halogens is 3. The molecule has 0 fully saturated rings. The van der Waals surface area contributed by atoms with Crippen LogP contribution in [0.15, 0.2) is 28.8 Å². The molecule has 0 aliphatic carbocycles. The molecular formula is C15H17F3N4O2. The van der Waals surface area contributed by atoms with Crippen LogP contribution in [0.2, 0.25) is 0 Å². The van der Waals surface area contributed by atoms with Crippen molar-refractivity contribution >= 4 is 6.03 Å². The van der Waals surface area contributed by atoms with Gasteiger partial charge in [0.2, 0.25) is 5.89 Å². The van der Waals surface area contributed by atoms with E-state index in [4.69, 9.17) is 4.52 Å². The Morgan fingerprint density at radius 3 is 2.67 bits per heavy atom. The maximum atomic E-state index is 12.9. The summed E-state index contributed by atoms with van der Waals surface area (Å²) in [7, 11) is 0. The monoisotopic (exact) mass is 342 g/mol. The summed E-state index contributed by atoms with van der Waals surface area (Å²) in [6.45, 7) is 3.32. The summed E-state index contributed by atoms with van der Waals surface area (Å²) in [5.41, 5.74) is -0.562. The van der Waals surface area contributed by atoms with E-state index in [0.717, 1.165) is 6.07 Å². The Hall–Kier alpha value is -2.58. The minimum Gasteiger partial charge on any atom is -0.340 e. The number of carbonyl (C=O) groups excluding carboxylic acids is 1. The smallest absolute Gasteiger partial charge is 0.340 e. The van der Waals surface area contributed by atoms with Crippen LogP contribution >= 0.6 is 0 Å². The molecule has 0 bridgehead atoms. The van der Waals surface area contributed by atoms with Crippen LogP contribution in [0.4, 0.5) is 18.0 Å². The van der Waals surface area contributed by atoms with Crippen molar-refractivity contribution in [1.82, 2.24) is 20.8 Å². The minimum absolute atomic E-state index is 0.0599. The number of benzene rings is 1. The van der Waals surface area contributed by atoms with Crippen LogP contribution in [-0.2, 0) is 19.1 Å². The molecule has 1 aromatic heterocycles. The number of alkyl halides is 3. The lowest BCUT2D eigenvalue weighted by atomic mass is 10.0. The van der Waals surface area contributed by atoms with E-state index in [0.29, 0.717) is 11.7 Å². The number of hydrogen-bond donors (Lipinski definition) is 2. The van der Waals surface area contributed by atoms with Gasteiger partial charge in [-0.15, -0.1) is 0 Å². The van der Waals surface area contributed by atoms with Gasteiger partial charge in [0.05, 0.1) is 12.1 Å². The van der Waals surface area contributed by atoms with Crippen LogP contribution in [-0.4, -0.2) is 22.2 Å². The first kappa shape index (κ1) is 17.8. The molecule has 130 valence electrons. The fourth-order valence-electron chi connectivity index (χ4n) is 2.20. The van der Waals surface area contributed by atoms with Crippen molar-refractivity contribution in [1.29, 1.82) is 0 Å². The van der Waals surface area contributed by atoms with Crippen LogP contribution in [0.3, 0.4) is 0 Å². The highest BCUT2D eigenvalue weighted by Crippen LogP contribution is 2.32. The number of rotatable bonds is 5. The number of urea groups is 1. The predicted molar refractivity (Wildman–Crippen MR) is 79.0 cm³/mol. The number of carbonyl (C=O) groups is 1. The number of aromatic nitrogens is 2. The maximum absolute atomic E-state index is 12.9. The van der Waals surface area contributed by atoms with E-state index in [1.807, 2.05) is 0 Å². The Morgan fingerprint density at radius 1 is 1.33 bits per heavy atom. The molecule has 0 spiro atoms. The molecule has 1 heterocycles. The summed E-state index contributed by atoms with van der Waals surface area (Å²) in [6, 6.07) is 4.30. The molecular weight excluding hydrogens is 325 g/mol. The molecule has 0 aliphatic heterocycles. The van der Waals surface area contributed by atoms with Gasteiger partial charge in [0.25, 0.3) is 0 Å². The van der Waals surface area contributed by atoms with Gasteiger partial charge in [-0.05, 0) is 25.0 Å². The molecule has 6 nitrogen and oxygen atoms in total. The highest BCUT2D eigenvalue weighted by molar-refractivity contribution is 5.74. The van der Waals surface area contributed by atoms with Gasteiger partial charge in [-0.1, -0.05) is 23.4 Å². The van der Waals surface area contributed by atoms with Gasteiger partial charge < -0.3 is 15.2 Å². The molecule has 0 aliphatic rings. The predicted octanol–water partition coefficient (Wildman–Crippen LogP) is 2.83. The standard InChI is InChI=1S/C15H17F3N4O2/c1-9(7-11-5-3-4-6-12(11)15(16,17)18)20-14(23)19-8-13-21-10(2)24-22-13/h3-6,9H,7-8H2,1-2H3,(H2,19,20,23)/t9-/m1/s1. The molecule has 0 saturated heterocycles. The largest absolute Gasteiger partial charge is 0.416 e. The first-order chi connectivity index (χ1) is 11.3. The van der Waals surface area contributed by atoms with Gasteiger partial charge >= 0.3 is 12.2 Å². The topological polar surface area (TPSA) is 80.0 Å². The van der Waals surface area contributed by atoms with Gasteiger partial charge in [-0.3, -0.25) is 0 Å². The molecule has 2 amide bonds. The van der Waals surface area contributed by atoms with Gasteiger partial charge in [0.15, 0.2) is 5.82 Å². The summed E-state index contributed by atoms with van der Waals surface area (Å²) in [6.07, 6.45) is -4.36. The van der Waals surface area contributed by atoms with E-state index in [9.17, 15) is 18.0 Å². The lowest BCUT2D eigenvalue weighted by Gasteiger charge is -2.17. The van der Waals surface area contributed by atoms with Crippen LogP contribution in [0.5, 0.6) is 0 Å². The van der Waals surface area contributed by atoms with Crippen molar-refractivity contribution in [2.75, 3.05) is 0 Å². The number of nitrogens with zero attached hydrogens (tertiary/aromatic N) is 2. The first-order valence-electron chi connectivity index (χ1n) is 7.24. The van der Waals surface area contributed by atoms with Crippen LogP contribution in [0.1, 0.15) is 29.8 Å². The van der Waals surface area contributed by atoms with E-state index in [-0.39, 0.29) is 18.5 Å². The Kier molecular flexibility index (Phi) is 5.42. The summed E-state index contributed by atoms with van der Waals surface area (Å²) in [5.74, 6) is 0.696. The van der Waals surface area contributed by atoms with Gasteiger partial charge in [0.1, 0.15) is 0 Å². The van der Waals surface area contributed by atoms with Crippen LogP contribution in [0.25, 0.3) is 0 Å². The fraction of sp³-hybridized carbons (Fsp3) is 0.400. The normalized spacial score (nSPS) is 12.7. The van der Waals surface area contributed by atoms with Crippen molar-refractivity contribution in [3.8, 4) is 0 Å². The first-order valence-corrected chi connectivity index (χ1v) is 7.24. The lowest BCUT2D eigenvalue weighted by molar-refractivity contribution is -0.138. The van der Waals surface area contributed by atoms with Gasteiger partial charge in [-0.25, -0.2) is 4.79 Å². The van der Waals surface area contributed by atoms with Crippen molar-refractivity contribution in [2.45, 2.75) is 39.0 Å². The molecule has 0 radical (unpaired) electrons. The third-order valence-electron chi connectivity index (χ3n) is 3.20. The van der Waals surface area contributed by atoms with Crippen LogP contribution < -0.4 is 10.6 Å². The number of nitrogens with one attached hydrogen (secondary N) is 2. The third-order valence-corrected chi connectivity index (χ3v) is 3.20. The summed E-state index contributed by atoms with van der Waals surface area (Å²) >= 11 is 0. The van der Waals surface area contributed by atoms with Crippen molar-refractivity contribution in [2.24, 2.45) is 0 Å². The summed E-state index contributed by atoms with van der Waals surface area (Å²) < 4.78 is 43.6. The van der Waals surface area contributed by atoms with E-state index < -0.39 is 23.8 Å². The molecule has 9 heteroatoms. The number of aryl methyl sites for hydroxylation is 1. The van der Waals surface area contributed by atoms with Gasteiger partial charge in [0, 0.05) is 13.0 Å². The van der Waals surface area contributed by atoms with E-state index >= 15 is 0 Å². The third kappa shape index (κ3) is 4.97. The SMILES string of the molecule is Cc1nc(CNC(=O)N[C@H](C)Cc2ccccc2C(F)(F)F)no1. The van der Waals surface area contributed by atoms with E-state index in [1.54, 1.807) is 13.8 Å². The van der Waals surface area contributed by atoms with E-state index in [2.05, 4.69) is 20.8 Å². The zero-order valence-corrected chi connectivity index (χ0v) is 13.1. The molecule has 2 N–H and O–H groups in total. The quantitative estimate of drug-likeness (QED) is 0.876. The molecule has 0 saturated carbocycles. The maximum Gasteiger partial charge on any atom is 0.416 e. The van der Waals surface area contributed by atoms with Crippen LogP contribution in [0, 0.1) is 6.92 Å². The van der Waals surface area contributed by atoms with E-state index in [1.165, 1.54) is 18.2 Å². The Balaban J connectivity index is 1.89. The molecule has 1 aromatic carbocycles. The molecule has 2 rings (SSSR count). The second kappa shape index (κ2) is 7.33.